The number of carbonyl (C=O) groups excluding carboxylic acids is 2. The van der Waals surface area contributed by atoms with E-state index >= 15 is 0 Å². The number of hydrogen-bond acceptors (Lipinski definition) is 6. The molecule has 0 bridgehead atoms. The van der Waals surface area contributed by atoms with E-state index in [1.807, 2.05) is 0 Å². The summed E-state index contributed by atoms with van der Waals surface area (Å²) < 4.78 is 43.3. The number of thiazole rings is 1. The maximum Gasteiger partial charge on any atom is 0.435 e. The van der Waals surface area contributed by atoms with Crippen LogP contribution in [0.15, 0.2) is 0 Å². The summed E-state index contributed by atoms with van der Waals surface area (Å²) in [6.07, 6.45) is -4.25. The topological polar surface area (TPSA) is 71.5 Å². The van der Waals surface area contributed by atoms with Crippen LogP contribution in [-0.2, 0) is 15.7 Å². The van der Waals surface area contributed by atoms with Crippen LogP contribution < -0.4 is 10.2 Å². The summed E-state index contributed by atoms with van der Waals surface area (Å²) >= 11 is 0.605. The summed E-state index contributed by atoms with van der Waals surface area (Å²) in [6, 6.07) is 0. The van der Waals surface area contributed by atoms with E-state index in [0.29, 0.717) is 17.7 Å². The summed E-state index contributed by atoms with van der Waals surface area (Å²) in [7, 11) is 1.51. The van der Waals surface area contributed by atoms with E-state index in [1.165, 1.54) is 18.9 Å². The van der Waals surface area contributed by atoms with Gasteiger partial charge in [0.2, 0.25) is 6.41 Å². The summed E-state index contributed by atoms with van der Waals surface area (Å²) in [5.41, 5.74) is -1.25. The molecule has 1 heterocycles. The highest BCUT2D eigenvalue weighted by Gasteiger charge is 2.40. The third kappa shape index (κ3) is 4.59. The molecule has 0 atom stereocenters. The SMILES string of the molecule is CCOC(=O)c1sc(N(C)CCNC=O)nc1C(F)(F)F. The van der Waals surface area contributed by atoms with Crippen LogP contribution in [-0.4, -0.2) is 44.1 Å². The minimum Gasteiger partial charge on any atom is -0.462 e. The van der Waals surface area contributed by atoms with Crippen LogP contribution in [0.5, 0.6) is 0 Å². The Bertz CT molecular complexity index is 505. The van der Waals surface area contributed by atoms with E-state index in [-0.39, 0.29) is 24.8 Å². The Balaban J connectivity index is 3.02. The molecule has 0 radical (unpaired) electrons. The number of alkyl halides is 3. The molecule has 0 saturated carbocycles. The van der Waals surface area contributed by atoms with Gasteiger partial charge >= 0.3 is 12.1 Å². The van der Waals surface area contributed by atoms with Crippen molar-refractivity contribution in [2.24, 2.45) is 0 Å². The lowest BCUT2D eigenvalue weighted by Gasteiger charge is -2.14. The molecule has 0 spiro atoms. The number of rotatable bonds is 7. The molecule has 0 aliphatic carbocycles. The molecular formula is C11H14F3N3O3S. The van der Waals surface area contributed by atoms with Crippen LogP contribution in [0.2, 0.25) is 0 Å². The number of nitrogens with zero attached hydrogens (tertiary/aromatic N) is 2. The van der Waals surface area contributed by atoms with Gasteiger partial charge in [0.15, 0.2) is 10.8 Å². The Morgan fingerprint density at radius 2 is 2.19 bits per heavy atom. The van der Waals surface area contributed by atoms with Crippen molar-refractivity contribution in [2.75, 3.05) is 31.6 Å². The van der Waals surface area contributed by atoms with Gasteiger partial charge in [0, 0.05) is 20.1 Å². The summed E-state index contributed by atoms with van der Waals surface area (Å²) in [6.45, 7) is 1.98. The fraction of sp³-hybridized carbons (Fsp3) is 0.545. The van der Waals surface area contributed by atoms with Gasteiger partial charge in [-0.3, -0.25) is 4.79 Å². The van der Waals surface area contributed by atoms with E-state index in [1.54, 1.807) is 0 Å². The molecule has 1 amide bonds. The molecule has 0 unspecified atom stereocenters. The van der Waals surface area contributed by atoms with Gasteiger partial charge in [-0.25, -0.2) is 9.78 Å². The Kier molecular flexibility index (Phi) is 5.94. The molecule has 1 N–H and O–H groups in total. The van der Waals surface area contributed by atoms with Crippen molar-refractivity contribution < 1.29 is 27.5 Å². The Morgan fingerprint density at radius 1 is 1.52 bits per heavy atom. The highest BCUT2D eigenvalue weighted by atomic mass is 32.1. The van der Waals surface area contributed by atoms with E-state index in [0.717, 1.165) is 0 Å². The van der Waals surface area contributed by atoms with Crippen LogP contribution in [0, 0.1) is 0 Å². The molecule has 118 valence electrons. The fourth-order valence-corrected chi connectivity index (χ4v) is 2.35. The fourth-order valence-electron chi connectivity index (χ4n) is 1.39. The second kappa shape index (κ2) is 7.25. The second-order valence-electron chi connectivity index (χ2n) is 3.89. The maximum absolute atomic E-state index is 12.9. The number of hydrogen-bond donors (Lipinski definition) is 1. The van der Waals surface area contributed by atoms with Crippen LogP contribution in [0.25, 0.3) is 0 Å². The van der Waals surface area contributed by atoms with E-state index in [9.17, 15) is 22.8 Å². The number of amides is 1. The van der Waals surface area contributed by atoms with Crippen LogP contribution >= 0.6 is 11.3 Å². The third-order valence-corrected chi connectivity index (χ3v) is 3.50. The standard InChI is InChI=1S/C11H14F3N3O3S/c1-3-20-9(19)7-8(11(12,13)14)16-10(21-7)17(2)5-4-15-6-18/h6H,3-5H2,1-2H3,(H,15,18). The zero-order valence-corrected chi connectivity index (χ0v) is 12.2. The minimum atomic E-state index is -4.74. The van der Waals surface area contributed by atoms with Crippen molar-refractivity contribution in [1.82, 2.24) is 10.3 Å². The number of nitrogens with one attached hydrogen (secondary N) is 1. The second-order valence-corrected chi connectivity index (χ2v) is 4.86. The molecule has 0 fully saturated rings. The summed E-state index contributed by atoms with van der Waals surface area (Å²) in [4.78, 5) is 26.0. The van der Waals surface area contributed by atoms with Gasteiger partial charge < -0.3 is 15.0 Å². The molecule has 0 aliphatic rings. The Labute approximate surface area is 122 Å². The van der Waals surface area contributed by atoms with Crippen molar-refractivity contribution in [1.29, 1.82) is 0 Å². The summed E-state index contributed by atoms with van der Waals surface area (Å²) in [5, 5.41) is 2.41. The Morgan fingerprint density at radius 3 is 2.71 bits per heavy atom. The first-order chi connectivity index (χ1) is 9.81. The normalized spacial score (nSPS) is 11.1. The van der Waals surface area contributed by atoms with Gasteiger partial charge in [-0.05, 0) is 6.92 Å². The predicted octanol–water partition coefficient (Wildman–Crippen LogP) is 1.52. The number of aromatic nitrogens is 1. The van der Waals surface area contributed by atoms with Crippen molar-refractivity contribution in [2.45, 2.75) is 13.1 Å². The van der Waals surface area contributed by atoms with Gasteiger partial charge in [-0.2, -0.15) is 13.2 Å². The molecule has 6 nitrogen and oxygen atoms in total. The molecular weight excluding hydrogens is 311 g/mol. The molecule has 1 rings (SSSR count). The van der Waals surface area contributed by atoms with Gasteiger partial charge in [-0.15, -0.1) is 0 Å². The lowest BCUT2D eigenvalue weighted by molar-refractivity contribution is -0.141. The number of likely N-dealkylation sites (N-methyl/N-ethyl adjacent to an activating group) is 1. The molecule has 10 heteroatoms. The largest absolute Gasteiger partial charge is 0.462 e. The van der Waals surface area contributed by atoms with Crippen molar-refractivity contribution >= 4 is 28.8 Å². The zero-order valence-electron chi connectivity index (χ0n) is 11.4. The average Bonchev–Trinajstić information content (AvgIpc) is 2.84. The van der Waals surface area contributed by atoms with Gasteiger partial charge in [0.25, 0.3) is 0 Å². The number of esters is 1. The van der Waals surface area contributed by atoms with Crippen LogP contribution in [0.4, 0.5) is 18.3 Å². The minimum absolute atomic E-state index is 0.0253. The predicted molar refractivity (Wildman–Crippen MR) is 70.4 cm³/mol. The maximum atomic E-state index is 12.9. The highest BCUT2D eigenvalue weighted by molar-refractivity contribution is 7.17. The number of carbonyl (C=O) groups is 2. The van der Waals surface area contributed by atoms with Crippen molar-refractivity contribution in [3.05, 3.63) is 10.6 Å². The molecule has 0 aliphatic heterocycles. The van der Waals surface area contributed by atoms with E-state index in [4.69, 9.17) is 0 Å². The number of anilines is 1. The molecule has 21 heavy (non-hydrogen) atoms. The van der Waals surface area contributed by atoms with Gasteiger partial charge in [0.1, 0.15) is 4.88 Å². The lowest BCUT2D eigenvalue weighted by atomic mass is 10.3. The zero-order chi connectivity index (χ0) is 16.0. The highest BCUT2D eigenvalue weighted by Crippen LogP contribution is 2.37. The van der Waals surface area contributed by atoms with Crippen molar-refractivity contribution in [3.8, 4) is 0 Å². The first kappa shape index (κ1) is 17.2. The molecule has 1 aromatic rings. The number of halogens is 3. The Hall–Kier alpha value is -1.84. The number of ether oxygens (including phenoxy) is 1. The van der Waals surface area contributed by atoms with Gasteiger partial charge in [-0.1, -0.05) is 11.3 Å². The van der Waals surface area contributed by atoms with Crippen molar-refractivity contribution in [3.63, 3.8) is 0 Å². The van der Waals surface area contributed by atoms with E-state index in [2.05, 4.69) is 15.0 Å². The first-order valence-corrected chi connectivity index (χ1v) is 6.76. The smallest absolute Gasteiger partial charge is 0.435 e. The molecule has 0 aromatic carbocycles. The van der Waals surface area contributed by atoms with Gasteiger partial charge in [0.05, 0.1) is 6.61 Å². The monoisotopic (exact) mass is 325 g/mol. The molecule has 0 saturated heterocycles. The van der Waals surface area contributed by atoms with Crippen LogP contribution in [0.3, 0.4) is 0 Å². The quantitative estimate of drug-likeness (QED) is 0.467. The van der Waals surface area contributed by atoms with E-state index < -0.39 is 22.7 Å². The average molecular weight is 325 g/mol. The lowest BCUT2D eigenvalue weighted by Crippen LogP contribution is -2.28. The molecule has 1 aromatic heterocycles. The first-order valence-electron chi connectivity index (χ1n) is 5.94. The third-order valence-electron chi connectivity index (χ3n) is 2.35. The summed E-state index contributed by atoms with van der Waals surface area (Å²) in [5.74, 6) is -1.05. The van der Waals surface area contributed by atoms with Crippen LogP contribution in [0.1, 0.15) is 22.3 Å².